The van der Waals surface area contributed by atoms with Gasteiger partial charge in [0.2, 0.25) is 11.0 Å². The molecule has 5 rings (SSSR count). The van der Waals surface area contributed by atoms with Crippen molar-refractivity contribution in [3.05, 3.63) is 137 Å². The van der Waals surface area contributed by atoms with Crippen LogP contribution >= 0.6 is 11.5 Å². The number of carbonyl (C=O) groups is 1. The Hall–Kier alpha value is -4.30. The van der Waals surface area contributed by atoms with Crippen LogP contribution in [-0.4, -0.2) is 21.8 Å². The molecule has 1 unspecified atom stereocenters. The summed E-state index contributed by atoms with van der Waals surface area (Å²) in [4.78, 5) is 19.9. The Bertz CT molecular complexity index is 1440. The summed E-state index contributed by atoms with van der Waals surface area (Å²) in [6.45, 7) is 0.919. The largest absolute Gasteiger partial charge is 0.467 e. The number of halogens is 1. The van der Waals surface area contributed by atoms with Crippen molar-refractivity contribution in [2.45, 2.75) is 31.8 Å². The lowest BCUT2D eigenvalue weighted by molar-refractivity contribution is -0.121. The second-order valence-electron chi connectivity index (χ2n) is 9.27. The highest BCUT2D eigenvalue weighted by Gasteiger charge is 2.19. The molecule has 1 N–H and O–H groups in total. The predicted molar refractivity (Wildman–Crippen MR) is 151 cm³/mol. The van der Waals surface area contributed by atoms with Crippen molar-refractivity contribution >= 4 is 22.6 Å². The van der Waals surface area contributed by atoms with Gasteiger partial charge in [-0.25, -0.2) is 9.37 Å². The summed E-state index contributed by atoms with van der Waals surface area (Å²) >= 11 is 1.28. The van der Waals surface area contributed by atoms with Gasteiger partial charge in [-0.1, -0.05) is 72.8 Å². The van der Waals surface area contributed by atoms with Crippen molar-refractivity contribution in [1.82, 2.24) is 14.7 Å². The molecule has 0 saturated carbocycles. The molecular formula is C31H29FN4O2S. The normalized spacial score (nSPS) is 11.7. The van der Waals surface area contributed by atoms with Crippen molar-refractivity contribution < 1.29 is 13.6 Å². The molecule has 6 nitrogen and oxygen atoms in total. The zero-order valence-corrected chi connectivity index (χ0v) is 22.2. The molecule has 8 heteroatoms. The van der Waals surface area contributed by atoms with Gasteiger partial charge >= 0.3 is 0 Å². The van der Waals surface area contributed by atoms with Crippen LogP contribution in [0.25, 0.3) is 0 Å². The van der Waals surface area contributed by atoms with Crippen LogP contribution in [0.4, 0.5) is 9.52 Å². The van der Waals surface area contributed by atoms with Crippen LogP contribution in [0.1, 0.15) is 40.7 Å². The van der Waals surface area contributed by atoms with Crippen LogP contribution in [-0.2, 0) is 24.2 Å². The van der Waals surface area contributed by atoms with Crippen LogP contribution in [0.15, 0.2) is 108 Å². The number of hydrogen-bond acceptors (Lipinski definition) is 6. The van der Waals surface area contributed by atoms with Gasteiger partial charge in [0.1, 0.15) is 17.4 Å². The maximum Gasteiger partial charge on any atom is 0.222 e. The van der Waals surface area contributed by atoms with Gasteiger partial charge < -0.3 is 14.6 Å². The topological polar surface area (TPSA) is 71.3 Å². The van der Waals surface area contributed by atoms with Gasteiger partial charge in [0.05, 0.1) is 18.8 Å². The minimum atomic E-state index is -0.271. The summed E-state index contributed by atoms with van der Waals surface area (Å²) in [5, 5.41) is 3.95. The van der Waals surface area contributed by atoms with E-state index in [0.29, 0.717) is 36.9 Å². The lowest BCUT2D eigenvalue weighted by Crippen LogP contribution is -2.33. The number of carbonyl (C=O) groups excluding carboxylic acids is 1. The molecule has 0 saturated heterocycles. The standard InChI is InChI=1S/C31H29FN4O2S/c32-26-15-13-24(14-16-26)21-29-34-31(39-35-29)36(22-27-12-7-19-38-27)18-17-30(37)33-28(25-10-5-2-6-11-25)20-23-8-3-1-4-9-23/h1-16,19,28H,17-18,20-22H2,(H,33,37). The van der Waals surface area contributed by atoms with Crippen LogP contribution in [0.2, 0.25) is 0 Å². The smallest absolute Gasteiger partial charge is 0.222 e. The maximum atomic E-state index is 13.3. The molecule has 2 heterocycles. The van der Waals surface area contributed by atoms with Crippen molar-refractivity contribution in [2.24, 2.45) is 0 Å². The molecule has 0 spiro atoms. The number of benzene rings is 3. The Morgan fingerprint density at radius 2 is 1.67 bits per heavy atom. The second-order valence-corrected chi connectivity index (χ2v) is 10.00. The zero-order valence-electron chi connectivity index (χ0n) is 21.4. The highest BCUT2D eigenvalue weighted by molar-refractivity contribution is 7.09. The monoisotopic (exact) mass is 540 g/mol. The van der Waals surface area contributed by atoms with E-state index in [9.17, 15) is 9.18 Å². The van der Waals surface area contributed by atoms with E-state index >= 15 is 0 Å². The van der Waals surface area contributed by atoms with Gasteiger partial charge in [-0.15, -0.1) is 0 Å². The summed E-state index contributed by atoms with van der Waals surface area (Å²) in [7, 11) is 0. The van der Waals surface area contributed by atoms with Crippen LogP contribution in [0.5, 0.6) is 0 Å². The zero-order chi connectivity index (χ0) is 26.9. The predicted octanol–water partition coefficient (Wildman–Crippen LogP) is 6.36. The van der Waals surface area contributed by atoms with E-state index < -0.39 is 0 Å². The second kappa shape index (κ2) is 13.0. The summed E-state index contributed by atoms with van der Waals surface area (Å²) < 4.78 is 23.4. The molecule has 0 radical (unpaired) electrons. The van der Waals surface area contributed by atoms with Crippen LogP contribution < -0.4 is 10.2 Å². The van der Waals surface area contributed by atoms with E-state index in [-0.39, 0.29) is 24.2 Å². The molecule has 2 aromatic heterocycles. The Balaban J connectivity index is 1.26. The number of nitrogens with zero attached hydrogens (tertiary/aromatic N) is 3. The van der Waals surface area contributed by atoms with E-state index in [4.69, 9.17) is 9.40 Å². The summed E-state index contributed by atoms with van der Waals surface area (Å²) in [5.41, 5.74) is 3.16. The quantitative estimate of drug-likeness (QED) is 0.199. The number of amides is 1. The molecule has 3 aromatic carbocycles. The van der Waals surface area contributed by atoms with Gasteiger partial charge in [0.15, 0.2) is 0 Å². The number of hydrogen-bond donors (Lipinski definition) is 1. The first-order valence-electron chi connectivity index (χ1n) is 12.8. The number of anilines is 1. The fourth-order valence-electron chi connectivity index (χ4n) is 4.35. The van der Waals surface area contributed by atoms with Crippen molar-refractivity contribution in [3.63, 3.8) is 0 Å². The third kappa shape index (κ3) is 7.61. The molecule has 198 valence electrons. The van der Waals surface area contributed by atoms with E-state index in [1.54, 1.807) is 18.4 Å². The van der Waals surface area contributed by atoms with Crippen LogP contribution in [0.3, 0.4) is 0 Å². The SMILES string of the molecule is O=C(CCN(Cc1ccco1)c1nc(Cc2ccc(F)cc2)ns1)NC(Cc1ccccc1)c1ccccc1. The van der Waals surface area contributed by atoms with Gasteiger partial charge in [-0.3, -0.25) is 4.79 Å². The molecule has 0 fully saturated rings. The average molecular weight is 541 g/mol. The molecule has 0 aliphatic carbocycles. The average Bonchev–Trinajstić information content (AvgIpc) is 3.65. The summed E-state index contributed by atoms with van der Waals surface area (Å²) in [6, 6.07) is 30.2. The number of furan rings is 1. The lowest BCUT2D eigenvalue weighted by atomic mass is 9.98. The van der Waals surface area contributed by atoms with Crippen molar-refractivity contribution in [2.75, 3.05) is 11.4 Å². The fourth-order valence-corrected chi connectivity index (χ4v) is 5.06. The molecular weight excluding hydrogens is 511 g/mol. The first kappa shape index (κ1) is 26.3. The summed E-state index contributed by atoms with van der Waals surface area (Å²) in [5.74, 6) is 1.12. The number of rotatable bonds is 12. The molecule has 39 heavy (non-hydrogen) atoms. The third-order valence-electron chi connectivity index (χ3n) is 6.36. The molecule has 0 aliphatic heterocycles. The van der Waals surface area contributed by atoms with Gasteiger partial charge in [-0.2, -0.15) is 4.37 Å². The highest BCUT2D eigenvalue weighted by Crippen LogP contribution is 2.23. The Labute approximate surface area is 231 Å². The minimum absolute atomic E-state index is 0.0414. The Morgan fingerprint density at radius 3 is 2.38 bits per heavy atom. The minimum Gasteiger partial charge on any atom is -0.467 e. The first-order valence-corrected chi connectivity index (χ1v) is 13.6. The van der Waals surface area contributed by atoms with Gasteiger partial charge in [0.25, 0.3) is 0 Å². The molecule has 0 bridgehead atoms. The first-order chi connectivity index (χ1) is 19.1. The van der Waals surface area contributed by atoms with Gasteiger partial charge in [0, 0.05) is 30.9 Å². The molecule has 1 atom stereocenters. The number of nitrogens with one attached hydrogen (secondary N) is 1. The summed E-state index contributed by atoms with van der Waals surface area (Å²) in [6.07, 6.45) is 3.12. The number of aromatic nitrogens is 2. The van der Waals surface area contributed by atoms with Crippen molar-refractivity contribution in [3.8, 4) is 0 Å². The Morgan fingerprint density at radius 1 is 0.923 bits per heavy atom. The molecule has 1 amide bonds. The molecule has 5 aromatic rings. The highest BCUT2D eigenvalue weighted by atomic mass is 32.1. The van der Waals surface area contributed by atoms with Gasteiger partial charge in [-0.05, 0) is 47.4 Å². The van der Waals surface area contributed by atoms with E-state index in [0.717, 1.165) is 22.5 Å². The Kier molecular flexibility index (Phi) is 8.75. The van der Waals surface area contributed by atoms with E-state index in [1.165, 1.54) is 23.7 Å². The maximum absolute atomic E-state index is 13.3. The fraction of sp³-hybridized carbons (Fsp3) is 0.194. The van der Waals surface area contributed by atoms with E-state index in [1.807, 2.05) is 65.6 Å². The molecule has 0 aliphatic rings. The van der Waals surface area contributed by atoms with Crippen LogP contribution in [0, 0.1) is 5.82 Å². The van der Waals surface area contributed by atoms with Crippen molar-refractivity contribution in [1.29, 1.82) is 0 Å². The third-order valence-corrected chi connectivity index (χ3v) is 7.17. The lowest BCUT2D eigenvalue weighted by Gasteiger charge is -2.22. The van der Waals surface area contributed by atoms with E-state index in [2.05, 4.69) is 21.8 Å².